The Morgan fingerprint density at radius 1 is 1.33 bits per heavy atom. The van der Waals surface area contributed by atoms with Gasteiger partial charge in [0.15, 0.2) is 0 Å². The number of hydrogen-bond acceptors (Lipinski definition) is 2. The van der Waals surface area contributed by atoms with Crippen LogP contribution in [0.3, 0.4) is 0 Å². The first-order valence-corrected chi connectivity index (χ1v) is 6.88. The molecule has 18 heavy (non-hydrogen) atoms. The van der Waals surface area contributed by atoms with E-state index in [-0.39, 0.29) is 5.91 Å². The average molecular weight is 246 g/mol. The van der Waals surface area contributed by atoms with Gasteiger partial charge in [-0.15, -0.1) is 0 Å². The van der Waals surface area contributed by atoms with Gasteiger partial charge in [-0.25, -0.2) is 0 Å². The molecule has 1 saturated heterocycles. The summed E-state index contributed by atoms with van der Waals surface area (Å²) >= 11 is 0. The van der Waals surface area contributed by atoms with Crippen LogP contribution in [-0.2, 0) is 11.2 Å². The van der Waals surface area contributed by atoms with Gasteiger partial charge in [-0.1, -0.05) is 30.3 Å². The van der Waals surface area contributed by atoms with E-state index in [1.165, 1.54) is 18.4 Å². The van der Waals surface area contributed by atoms with Crippen LogP contribution in [0.1, 0.15) is 31.2 Å². The Kier molecular flexibility index (Phi) is 5.21. The maximum atomic E-state index is 11.7. The molecule has 1 fully saturated rings. The van der Waals surface area contributed by atoms with Crippen LogP contribution < -0.4 is 10.6 Å². The minimum atomic E-state index is 0.180. The highest BCUT2D eigenvalue weighted by molar-refractivity contribution is 5.75. The Hall–Kier alpha value is -1.35. The molecule has 0 aromatic heterocycles. The van der Waals surface area contributed by atoms with Crippen LogP contribution in [-0.4, -0.2) is 25.0 Å². The van der Waals surface area contributed by atoms with E-state index in [4.69, 9.17) is 0 Å². The van der Waals surface area contributed by atoms with Gasteiger partial charge in [0.2, 0.25) is 5.91 Å². The Morgan fingerprint density at radius 2 is 2.17 bits per heavy atom. The van der Waals surface area contributed by atoms with Crippen LogP contribution in [0, 0.1) is 0 Å². The van der Waals surface area contributed by atoms with E-state index in [0.29, 0.717) is 12.5 Å². The molecule has 0 bridgehead atoms. The maximum absolute atomic E-state index is 11.7. The summed E-state index contributed by atoms with van der Waals surface area (Å²) in [5.41, 5.74) is 1.31. The Bertz CT molecular complexity index is 358. The lowest BCUT2D eigenvalue weighted by Crippen LogP contribution is -2.37. The Labute approximate surface area is 109 Å². The molecule has 2 rings (SSSR count). The lowest BCUT2D eigenvalue weighted by atomic mass is 10.1. The van der Waals surface area contributed by atoms with Crippen molar-refractivity contribution >= 4 is 5.91 Å². The van der Waals surface area contributed by atoms with Gasteiger partial charge in [0.25, 0.3) is 0 Å². The minimum Gasteiger partial charge on any atom is -0.355 e. The minimum absolute atomic E-state index is 0.180. The van der Waals surface area contributed by atoms with Gasteiger partial charge in [0.05, 0.1) is 0 Å². The van der Waals surface area contributed by atoms with Gasteiger partial charge in [-0.05, 0) is 37.8 Å². The highest BCUT2D eigenvalue weighted by Gasteiger charge is 2.14. The van der Waals surface area contributed by atoms with E-state index in [0.717, 1.165) is 25.9 Å². The zero-order chi connectivity index (χ0) is 12.6. The third kappa shape index (κ3) is 4.49. The summed E-state index contributed by atoms with van der Waals surface area (Å²) < 4.78 is 0. The number of rotatable bonds is 6. The van der Waals surface area contributed by atoms with Crippen molar-refractivity contribution in [2.24, 2.45) is 0 Å². The first-order valence-electron chi connectivity index (χ1n) is 6.88. The molecule has 3 nitrogen and oxygen atoms in total. The quantitative estimate of drug-likeness (QED) is 0.804. The van der Waals surface area contributed by atoms with E-state index in [2.05, 4.69) is 22.8 Å². The molecule has 98 valence electrons. The Morgan fingerprint density at radius 3 is 2.89 bits per heavy atom. The van der Waals surface area contributed by atoms with Crippen LogP contribution in [0.2, 0.25) is 0 Å². The molecule has 1 atom stereocenters. The van der Waals surface area contributed by atoms with Crippen LogP contribution >= 0.6 is 0 Å². The number of benzene rings is 1. The largest absolute Gasteiger partial charge is 0.355 e. The number of nitrogens with one attached hydrogen (secondary N) is 2. The molecule has 1 heterocycles. The van der Waals surface area contributed by atoms with Crippen molar-refractivity contribution in [3.05, 3.63) is 35.9 Å². The predicted molar refractivity (Wildman–Crippen MR) is 73.4 cm³/mol. The van der Waals surface area contributed by atoms with Crippen molar-refractivity contribution < 1.29 is 4.79 Å². The third-order valence-electron chi connectivity index (χ3n) is 3.42. The average Bonchev–Trinajstić information content (AvgIpc) is 2.91. The summed E-state index contributed by atoms with van der Waals surface area (Å²) in [4.78, 5) is 11.7. The maximum Gasteiger partial charge on any atom is 0.220 e. The van der Waals surface area contributed by atoms with Crippen molar-refractivity contribution in [3.63, 3.8) is 0 Å². The first kappa shape index (κ1) is 13.1. The van der Waals surface area contributed by atoms with Gasteiger partial charge in [-0.2, -0.15) is 0 Å². The van der Waals surface area contributed by atoms with Crippen molar-refractivity contribution in [1.29, 1.82) is 0 Å². The van der Waals surface area contributed by atoms with E-state index < -0.39 is 0 Å². The summed E-state index contributed by atoms with van der Waals surface area (Å²) in [6.45, 7) is 1.87. The van der Waals surface area contributed by atoms with Crippen LogP contribution in [0.15, 0.2) is 30.3 Å². The number of carbonyl (C=O) groups is 1. The summed E-state index contributed by atoms with van der Waals surface area (Å²) in [5.74, 6) is 0.180. The smallest absolute Gasteiger partial charge is 0.220 e. The summed E-state index contributed by atoms with van der Waals surface area (Å²) in [6, 6.07) is 10.8. The molecule has 3 heteroatoms. The summed E-state index contributed by atoms with van der Waals surface area (Å²) in [5, 5.41) is 6.39. The Balaban J connectivity index is 1.57. The SMILES string of the molecule is O=C(CCCc1ccccc1)NCC1CCCN1. The van der Waals surface area contributed by atoms with E-state index >= 15 is 0 Å². The molecule has 1 aromatic carbocycles. The van der Waals surface area contributed by atoms with Crippen molar-refractivity contribution in [1.82, 2.24) is 10.6 Å². The molecule has 0 aliphatic carbocycles. The van der Waals surface area contributed by atoms with E-state index in [1.807, 2.05) is 18.2 Å². The molecule has 2 N–H and O–H groups in total. The molecule has 0 spiro atoms. The number of aryl methyl sites for hydroxylation is 1. The second-order valence-electron chi connectivity index (χ2n) is 4.94. The topological polar surface area (TPSA) is 41.1 Å². The fourth-order valence-corrected chi connectivity index (χ4v) is 2.35. The molecule has 1 amide bonds. The lowest BCUT2D eigenvalue weighted by Gasteiger charge is -2.11. The molecule has 1 aliphatic rings. The zero-order valence-corrected chi connectivity index (χ0v) is 10.8. The monoisotopic (exact) mass is 246 g/mol. The van der Waals surface area contributed by atoms with Crippen molar-refractivity contribution in [2.75, 3.05) is 13.1 Å². The van der Waals surface area contributed by atoms with Crippen LogP contribution in [0.5, 0.6) is 0 Å². The standard InChI is InChI=1S/C15H22N2O/c18-15(17-12-14-9-5-11-16-14)10-4-8-13-6-2-1-3-7-13/h1-3,6-7,14,16H,4-5,8-12H2,(H,17,18). The molecular weight excluding hydrogens is 224 g/mol. The van der Waals surface area contributed by atoms with Gasteiger partial charge < -0.3 is 10.6 Å². The molecule has 1 aromatic rings. The molecule has 0 radical (unpaired) electrons. The lowest BCUT2D eigenvalue weighted by molar-refractivity contribution is -0.121. The van der Waals surface area contributed by atoms with Crippen LogP contribution in [0.25, 0.3) is 0 Å². The second kappa shape index (κ2) is 7.17. The second-order valence-corrected chi connectivity index (χ2v) is 4.94. The van der Waals surface area contributed by atoms with Gasteiger partial charge >= 0.3 is 0 Å². The van der Waals surface area contributed by atoms with Crippen molar-refractivity contribution in [2.45, 2.75) is 38.1 Å². The van der Waals surface area contributed by atoms with Gasteiger partial charge in [0.1, 0.15) is 0 Å². The predicted octanol–water partition coefficient (Wildman–Crippen LogP) is 1.88. The highest BCUT2D eigenvalue weighted by atomic mass is 16.1. The third-order valence-corrected chi connectivity index (χ3v) is 3.42. The summed E-state index contributed by atoms with van der Waals surface area (Å²) in [6.07, 6.45) is 4.95. The number of carbonyl (C=O) groups excluding carboxylic acids is 1. The van der Waals surface area contributed by atoms with Crippen molar-refractivity contribution in [3.8, 4) is 0 Å². The fourth-order valence-electron chi connectivity index (χ4n) is 2.35. The van der Waals surface area contributed by atoms with Gasteiger partial charge in [-0.3, -0.25) is 4.79 Å². The summed E-state index contributed by atoms with van der Waals surface area (Å²) in [7, 11) is 0. The number of hydrogen-bond donors (Lipinski definition) is 2. The normalized spacial score (nSPS) is 18.8. The molecule has 1 aliphatic heterocycles. The fraction of sp³-hybridized carbons (Fsp3) is 0.533. The van der Waals surface area contributed by atoms with E-state index in [1.54, 1.807) is 0 Å². The first-order chi connectivity index (χ1) is 8.84. The molecular formula is C15H22N2O. The molecule has 0 saturated carbocycles. The van der Waals surface area contributed by atoms with E-state index in [9.17, 15) is 4.79 Å². The zero-order valence-electron chi connectivity index (χ0n) is 10.8. The number of amides is 1. The highest BCUT2D eigenvalue weighted by Crippen LogP contribution is 2.05. The molecule has 1 unspecified atom stereocenters. The van der Waals surface area contributed by atoms with Crippen LogP contribution in [0.4, 0.5) is 0 Å². The van der Waals surface area contributed by atoms with Gasteiger partial charge in [0, 0.05) is 19.0 Å².